The molecule has 1 aromatic heterocycles. The van der Waals surface area contributed by atoms with Crippen molar-refractivity contribution < 1.29 is 4.74 Å². The Balaban J connectivity index is 2.33. The number of aromatic nitrogens is 1. The highest BCUT2D eigenvalue weighted by Crippen LogP contribution is 2.01. The van der Waals surface area contributed by atoms with Gasteiger partial charge < -0.3 is 9.30 Å². The van der Waals surface area contributed by atoms with Gasteiger partial charge >= 0.3 is 0 Å². The molecule has 0 aliphatic heterocycles. The summed E-state index contributed by atoms with van der Waals surface area (Å²) < 4.78 is 7.15. The van der Waals surface area contributed by atoms with E-state index in [1.807, 2.05) is 29.8 Å². The fourth-order valence-electron chi connectivity index (χ4n) is 1.19. The number of hydrogen-bond acceptors (Lipinski definition) is 2. The normalized spacial score (nSPS) is 9.85. The van der Waals surface area contributed by atoms with Crippen molar-refractivity contribution >= 4 is 0 Å². The minimum atomic E-state index is 0.719. The van der Waals surface area contributed by atoms with Gasteiger partial charge in [-0.05, 0) is 25.5 Å². The zero-order chi connectivity index (χ0) is 9.52. The maximum Gasteiger partial charge on any atom is 0.120 e. The average molecular weight is 178 g/mol. The number of ether oxygens (including phenoxy) is 1. The second-order valence-corrected chi connectivity index (χ2v) is 2.75. The van der Waals surface area contributed by atoms with E-state index in [9.17, 15) is 0 Å². The Labute approximate surface area is 78.5 Å². The molecule has 1 rings (SSSR count). The smallest absolute Gasteiger partial charge is 0.120 e. The van der Waals surface area contributed by atoms with Crippen LogP contribution in [0.2, 0.25) is 0 Å². The first-order chi connectivity index (χ1) is 6.38. The van der Waals surface area contributed by atoms with E-state index >= 15 is 0 Å². The van der Waals surface area contributed by atoms with Crippen molar-refractivity contribution in [2.24, 2.45) is 0 Å². The van der Waals surface area contributed by atoms with Crippen LogP contribution in [0.3, 0.4) is 0 Å². The van der Waals surface area contributed by atoms with E-state index in [4.69, 9.17) is 10.00 Å². The summed E-state index contributed by atoms with van der Waals surface area (Å²) in [6, 6.07) is 5.85. The lowest BCUT2D eigenvalue weighted by molar-refractivity contribution is 0.141. The molecule has 0 saturated carbocycles. The van der Waals surface area contributed by atoms with Crippen molar-refractivity contribution in [1.82, 2.24) is 4.57 Å². The third kappa shape index (κ3) is 2.92. The van der Waals surface area contributed by atoms with Gasteiger partial charge in [0.1, 0.15) is 11.8 Å². The van der Waals surface area contributed by atoms with E-state index in [-0.39, 0.29) is 0 Å². The molecule has 0 unspecified atom stereocenters. The highest BCUT2D eigenvalue weighted by molar-refractivity contribution is 5.21. The Kier molecular flexibility index (Phi) is 4.07. The molecule has 0 N–H and O–H groups in total. The summed E-state index contributed by atoms with van der Waals surface area (Å²) in [4.78, 5) is 0. The number of nitrogens with zero attached hydrogens (tertiary/aromatic N) is 2. The van der Waals surface area contributed by atoms with E-state index in [0.717, 1.165) is 31.9 Å². The van der Waals surface area contributed by atoms with Crippen molar-refractivity contribution in [2.75, 3.05) is 13.2 Å². The number of nitriles is 1. The molecule has 3 nitrogen and oxygen atoms in total. The van der Waals surface area contributed by atoms with Gasteiger partial charge in [0.15, 0.2) is 0 Å². The largest absolute Gasteiger partial charge is 0.382 e. The minimum absolute atomic E-state index is 0.719. The Morgan fingerprint density at radius 1 is 1.62 bits per heavy atom. The summed E-state index contributed by atoms with van der Waals surface area (Å²) >= 11 is 0. The van der Waals surface area contributed by atoms with E-state index in [2.05, 4.69) is 6.07 Å². The molecule has 13 heavy (non-hydrogen) atoms. The molecule has 3 heteroatoms. The molecule has 0 spiro atoms. The van der Waals surface area contributed by atoms with Gasteiger partial charge in [0, 0.05) is 26.0 Å². The second-order valence-electron chi connectivity index (χ2n) is 2.75. The van der Waals surface area contributed by atoms with Crippen LogP contribution < -0.4 is 0 Å². The summed E-state index contributed by atoms with van der Waals surface area (Å²) in [7, 11) is 0. The topological polar surface area (TPSA) is 38.0 Å². The van der Waals surface area contributed by atoms with Crippen LogP contribution in [0.15, 0.2) is 18.3 Å². The van der Waals surface area contributed by atoms with E-state index in [1.165, 1.54) is 0 Å². The lowest BCUT2D eigenvalue weighted by Gasteiger charge is -2.04. The maximum atomic E-state index is 8.71. The van der Waals surface area contributed by atoms with E-state index in [1.54, 1.807) is 0 Å². The molecule has 0 atom stereocenters. The van der Waals surface area contributed by atoms with Gasteiger partial charge in [-0.25, -0.2) is 0 Å². The van der Waals surface area contributed by atoms with Crippen LogP contribution in [0.4, 0.5) is 0 Å². The number of aryl methyl sites for hydroxylation is 1. The Hall–Kier alpha value is -1.27. The van der Waals surface area contributed by atoms with Gasteiger partial charge in [0.2, 0.25) is 0 Å². The first kappa shape index (κ1) is 9.82. The van der Waals surface area contributed by atoms with Crippen molar-refractivity contribution in [3.8, 4) is 6.07 Å². The van der Waals surface area contributed by atoms with E-state index in [0.29, 0.717) is 0 Å². The summed E-state index contributed by atoms with van der Waals surface area (Å²) in [5, 5.41) is 8.71. The maximum absolute atomic E-state index is 8.71. The predicted octanol–water partition coefficient (Wildman–Crippen LogP) is 1.79. The first-order valence-corrected chi connectivity index (χ1v) is 4.51. The molecular formula is C10H14N2O. The van der Waals surface area contributed by atoms with Crippen LogP contribution in [0.25, 0.3) is 0 Å². The third-order valence-electron chi connectivity index (χ3n) is 1.84. The summed E-state index contributed by atoms with van der Waals surface area (Å²) in [6.45, 7) is 4.36. The predicted molar refractivity (Wildman–Crippen MR) is 50.3 cm³/mol. The molecule has 70 valence electrons. The molecule has 0 aliphatic carbocycles. The van der Waals surface area contributed by atoms with Crippen LogP contribution in [-0.4, -0.2) is 17.8 Å². The van der Waals surface area contributed by atoms with E-state index < -0.39 is 0 Å². The van der Waals surface area contributed by atoms with Gasteiger partial charge in [-0.1, -0.05) is 0 Å². The van der Waals surface area contributed by atoms with Crippen LogP contribution in [0.1, 0.15) is 19.0 Å². The van der Waals surface area contributed by atoms with Gasteiger partial charge in [0.25, 0.3) is 0 Å². The number of hydrogen-bond donors (Lipinski definition) is 0. The molecule has 1 heterocycles. The summed E-state index contributed by atoms with van der Waals surface area (Å²) in [6.07, 6.45) is 2.88. The lowest BCUT2D eigenvalue weighted by atomic mass is 10.4. The van der Waals surface area contributed by atoms with Gasteiger partial charge in [-0.3, -0.25) is 0 Å². The zero-order valence-corrected chi connectivity index (χ0v) is 7.86. The van der Waals surface area contributed by atoms with Crippen molar-refractivity contribution in [3.05, 3.63) is 24.0 Å². The molecule has 0 aliphatic rings. The van der Waals surface area contributed by atoms with Gasteiger partial charge in [-0.2, -0.15) is 5.26 Å². The van der Waals surface area contributed by atoms with Crippen LogP contribution in [0.5, 0.6) is 0 Å². The van der Waals surface area contributed by atoms with Crippen molar-refractivity contribution in [1.29, 1.82) is 5.26 Å². The Morgan fingerprint density at radius 3 is 3.15 bits per heavy atom. The van der Waals surface area contributed by atoms with Gasteiger partial charge in [0.05, 0.1) is 0 Å². The monoisotopic (exact) mass is 178 g/mol. The molecule has 0 bridgehead atoms. The molecule has 0 fully saturated rings. The molecule has 0 saturated heterocycles. The zero-order valence-electron chi connectivity index (χ0n) is 7.86. The minimum Gasteiger partial charge on any atom is -0.382 e. The highest BCUT2D eigenvalue weighted by atomic mass is 16.5. The Morgan fingerprint density at radius 2 is 2.46 bits per heavy atom. The third-order valence-corrected chi connectivity index (χ3v) is 1.84. The molecule has 0 aromatic carbocycles. The summed E-state index contributed by atoms with van der Waals surface area (Å²) in [5.74, 6) is 0. The quantitative estimate of drug-likeness (QED) is 0.644. The highest BCUT2D eigenvalue weighted by Gasteiger charge is 1.97. The standard InChI is InChI=1S/C10H14N2O/c1-2-13-8-4-7-12-6-3-5-10(12)9-11/h3,5-6H,2,4,7-8H2,1H3. The Bertz CT molecular complexity index is 285. The molecule has 0 amide bonds. The second kappa shape index (κ2) is 5.39. The number of rotatable bonds is 5. The first-order valence-electron chi connectivity index (χ1n) is 4.51. The van der Waals surface area contributed by atoms with Gasteiger partial charge in [-0.15, -0.1) is 0 Å². The van der Waals surface area contributed by atoms with Crippen LogP contribution in [0, 0.1) is 11.3 Å². The van der Waals surface area contributed by atoms with Crippen LogP contribution in [-0.2, 0) is 11.3 Å². The molecule has 1 aromatic rings. The SMILES string of the molecule is CCOCCCn1cccc1C#N. The fraction of sp³-hybridized carbons (Fsp3) is 0.500. The fourth-order valence-corrected chi connectivity index (χ4v) is 1.19. The molecule has 0 radical (unpaired) electrons. The lowest BCUT2D eigenvalue weighted by Crippen LogP contribution is -2.03. The molecular weight excluding hydrogens is 164 g/mol. The van der Waals surface area contributed by atoms with Crippen LogP contribution >= 0.6 is 0 Å². The summed E-state index contributed by atoms with van der Waals surface area (Å²) in [5.41, 5.74) is 0.719. The van der Waals surface area contributed by atoms with Crippen molar-refractivity contribution in [3.63, 3.8) is 0 Å². The van der Waals surface area contributed by atoms with Crippen molar-refractivity contribution in [2.45, 2.75) is 19.9 Å². The average Bonchev–Trinajstić information content (AvgIpc) is 2.60.